The predicted molar refractivity (Wildman–Crippen MR) is 225 cm³/mol. The number of nitrogens with zero attached hydrogens (tertiary/aromatic N) is 4. The van der Waals surface area contributed by atoms with Crippen molar-refractivity contribution in [2.75, 3.05) is 59.4 Å². The Balaban J connectivity index is 1.44. The number of amides is 3. The Morgan fingerprint density at radius 3 is 2.14 bits per heavy atom. The van der Waals surface area contributed by atoms with Crippen LogP contribution in [0.4, 0.5) is 0 Å². The predicted octanol–water partition coefficient (Wildman–Crippen LogP) is 5.14. The lowest BCUT2D eigenvalue weighted by Gasteiger charge is -2.35. The summed E-state index contributed by atoms with van der Waals surface area (Å²) >= 11 is 1.56. The molecule has 0 radical (unpaired) electrons. The highest BCUT2D eigenvalue weighted by molar-refractivity contribution is 7.44. The molecule has 1 saturated heterocycles. The Labute approximate surface area is 354 Å². The highest BCUT2D eigenvalue weighted by Gasteiger charge is 2.45. The number of carbonyl (C=O) groups is 4. The fourth-order valence-corrected chi connectivity index (χ4v) is 8.76. The average molecular weight is 863 g/mol. The molecule has 1 aliphatic heterocycles. The van der Waals surface area contributed by atoms with Crippen LogP contribution in [0.1, 0.15) is 79.5 Å². The van der Waals surface area contributed by atoms with Crippen LogP contribution in [-0.4, -0.2) is 128 Å². The molecule has 2 N–H and O–H groups in total. The molecule has 1 aliphatic rings. The first-order chi connectivity index (χ1) is 28.0. The van der Waals surface area contributed by atoms with Crippen LogP contribution in [0.25, 0.3) is 10.4 Å². The molecular formula is C41H63N6O10PS. The van der Waals surface area contributed by atoms with Crippen molar-refractivity contribution in [1.82, 2.24) is 25.2 Å². The van der Waals surface area contributed by atoms with Crippen LogP contribution in [0.3, 0.4) is 0 Å². The van der Waals surface area contributed by atoms with E-state index in [4.69, 9.17) is 33.3 Å². The molecule has 0 saturated carbocycles. The van der Waals surface area contributed by atoms with E-state index in [1.165, 1.54) is 11.8 Å². The third-order valence-corrected chi connectivity index (χ3v) is 12.2. The van der Waals surface area contributed by atoms with E-state index in [1.807, 2.05) is 52.0 Å². The zero-order valence-electron chi connectivity index (χ0n) is 36.0. The fraction of sp³-hybridized carbons (Fsp3) is 0.659. The Morgan fingerprint density at radius 2 is 1.58 bits per heavy atom. The number of likely N-dealkylation sites (tertiary alicyclic amines) is 1. The van der Waals surface area contributed by atoms with Gasteiger partial charge in [0.2, 0.25) is 17.7 Å². The summed E-state index contributed by atoms with van der Waals surface area (Å²) in [5, 5.41) is 14.6. The zero-order valence-corrected chi connectivity index (χ0v) is 37.7. The van der Waals surface area contributed by atoms with E-state index in [0.29, 0.717) is 39.5 Å². The lowest BCUT2D eigenvalue weighted by Crippen LogP contribution is -2.58. The maximum atomic E-state index is 14.1. The van der Waals surface area contributed by atoms with E-state index in [1.54, 1.807) is 16.8 Å². The van der Waals surface area contributed by atoms with Crippen molar-refractivity contribution in [2.24, 2.45) is 5.41 Å². The van der Waals surface area contributed by atoms with Gasteiger partial charge in [-0.2, -0.15) is 5.26 Å². The molecule has 16 nitrogen and oxygen atoms in total. The van der Waals surface area contributed by atoms with E-state index >= 15 is 0 Å². The van der Waals surface area contributed by atoms with Gasteiger partial charge in [0.15, 0.2) is 0 Å². The summed E-state index contributed by atoms with van der Waals surface area (Å²) in [6.45, 7) is 18.9. The van der Waals surface area contributed by atoms with Gasteiger partial charge in [-0.3, -0.25) is 19.2 Å². The third kappa shape index (κ3) is 16.8. The molecular weight excluding hydrogens is 800 g/mol. The second kappa shape index (κ2) is 25.2. The van der Waals surface area contributed by atoms with Gasteiger partial charge in [0.05, 0.1) is 81.4 Å². The number of benzene rings is 1. The van der Waals surface area contributed by atoms with Crippen molar-refractivity contribution < 1.29 is 47.2 Å². The number of rotatable bonds is 25. The fourth-order valence-electron chi connectivity index (χ4n) is 6.38. The van der Waals surface area contributed by atoms with E-state index in [-0.39, 0.29) is 57.3 Å². The minimum atomic E-state index is -1.33. The maximum absolute atomic E-state index is 14.1. The largest absolute Gasteiger partial charge is 0.461 e. The number of nitrogens with one attached hydrogen (secondary N) is 2. The summed E-state index contributed by atoms with van der Waals surface area (Å²) in [6, 6.07) is 8.43. The highest BCUT2D eigenvalue weighted by atomic mass is 32.1. The summed E-state index contributed by atoms with van der Waals surface area (Å²) in [5.41, 5.74) is 3.95. The molecule has 2 heterocycles. The average Bonchev–Trinajstić information content (AvgIpc) is 3.80. The number of carbonyl (C=O) groups excluding carboxylic acids is 4. The number of hydrogen-bond donors (Lipinski definition) is 2. The molecule has 0 bridgehead atoms. The molecule has 1 aromatic heterocycles. The summed E-state index contributed by atoms with van der Waals surface area (Å²) < 4.78 is 36.2. The lowest BCUT2D eigenvalue weighted by atomic mass is 9.85. The van der Waals surface area contributed by atoms with Gasteiger partial charge >= 0.3 is 5.97 Å². The second-order valence-electron chi connectivity index (χ2n) is 15.7. The number of aryl methyl sites for hydroxylation is 1. The molecule has 2 unspecified atom stereocenters. The zero-order chi connectivity index (χ0) is 43.5. The maximum Gasteiger partial charge on any atom is 0.302 e. The molecule has 1 aromatic carbocycles. The molecule has 0 aliphatic carbocycles. The van der Waals surface area contributed by atoms with Crippen molar-refractivity contribution in [3.05, 3.63) is 41.0 Å². The summed E-state index contributed by atoms with van der Waals surface area (Å²) in [4.78, 5) is 59.4. The smallest absolute Gasteiger partial charge is 0.302 e. The van der Waals surface area contributed by atoms with E-state index < -0.39 is 49.9 Å². The minimum absolute atomic E-state index is 0.0143. The Kier molecular flexibility index (Phi) is 21.3. The number of aromatic nitrogens is 1. The molecule has 18 heteroatoms. The SMILES string of the molecule is CC(=O)O[C@@H]1C[C@@H](C(=O)NCc2ccc(-c3scnc3C)cc2)N(C(=O)C(NC(=O)COCCOCCOCCOP(OCCC#N)N(C(C)C)C(C)C)C(C)(C)C)C1. The second-order valence-corrected chi connectivity index (χ2v) is 18.0. The number of thiazole rings is 1. The van der Waals surface area contributed by atoms with Gasteiger partial charge in [-0.1, -0.05) is 45.0 Å². The first kappa shape index (κ1) is 49.8. The normalized spacial score (nSPS) is 16.6. The van der Waals surface area contributed by atoms with Crippen LogP contribution in [0.2, 0.25) is 0 Å². The number of hydrogen-bond acceptors (Lipinski definition) is 14. The first-order valence-electron chi connectivity index (χ1n) is 20.0. The quantitative estimate of drug-likeness (QED) is 0.0759. The van der Waals surface area contributed by atoms with Crippen molar-refractivity contribution in [3.8, 4) is 16.5 Å². The van der Waals surface area contributed by atoms with Gasteiger partial charge < -0.3 is 43.5 Å². The Bertz CT molecular complexity index is 1660. The minimum Gasteiger partial charge on any atom is -0.461 e. The van der Waals surface area contributed by atoms with Gasteiger partial charge in [0, 0.05) is 32.0 Å². The highest BCUT2D eigenvalue weighted by Crippen LogP contribution is 2.45. The van der Waals surface area contributed by atoms with Crippen molar-refractivity contribution in [2.45, 2.75) is 112 Å². The molecule has 3 amide bonds. The number of ether oxygens (including phenoxy) is 4. The summed E-state index contributed by atoms with van der Waals surface area (Å²) in [7, 11) is -1.33. The molecule has 4 atom stereocenters. The van der Waals surface area contributed by atoms with Crippen LogP contribution >= 0.6 is 19.9 Å². The van der Waals surface area contributed by atoms with Crippen molar-refractivity contribution in [3.63, 3.8) is 0 Å². The Hall–Kier alpha value is -3.59. The number of nitriles is 1. The summed E-state index contributed by atoms with van der Waals surface area (Å²) in [6.07, 6.45) is -0.255. The molecule has 328 valence electrons. The molecule has 1 fully saturated rings. The van der Waals surface area contributed by atoms with Crippen LogP contribution in [0.5, 0.6) is 0 Å². The molecule has 59 heavy (non-hydrogen) atoms. The number of esters is 1. The van der Waals surface area contributed by atoms with Gasteiger partial charge in [0.25, 0.3) is 8.53 Å². The molecule has 3 rings (SSSR count). The van der Waals surface area contributed by atoms with Gasteiger partial charge in [-0.05, 0) is 51.2 Å². The van der Waals surface area contributed by atoms with Crippen LogP contribution < -0.4 is 10.6 Å². The Morgan fingerprint density at radius 1 is 0.966 bits per heavy atom. The van der Waals surface area contributed by atoms with Crippen molar-refractivity contribution in [1.29, 1.82) is 5.26 Å². The monoisotopic (exact) mass is 862 g/mol. The molecule has 0 spiro atoms. The first-order valence-corrected chi connectivity index (χ1v) is 22.0. The lowest BCUT2D eigenvalue weighted by molar-refractivity contribution is -0.147. The van der Waals surface area contributed by atoms with Crippen LogP contribution in [0.15, 0.2) is 29.8 Å². The van der Waals surface area contributed by atoms with E-state index in [9.17, 15) is 19.2 Å². The van der Waals surface area contributed by atoms with Gasteiger partial charge in [0.1, 0.15) is 24.8 Å². The third-order valence-electron chi connectivity index (χ3n) is 9.10. The van der Waals surface area contributed by atoms with Crippen molar-refractivity contribution >= 4 is 43.6 Å². The standard InChI is InChI=1S/C41H63N6O10PS/c1-28(2)47(29(3)4)58(55-16-10-15-42)56-22-21-53-18-17-52-19-20-54-26-36(49)45-38(41(7,8)9)40(51)46-25-34(57-31(6)48)23-35(46)39(50)43-24-32-11-13-33(14-12-32)37-30(5)44-27-59-37/h11-14,27-29,34-35,38H,10,16-26H2,1-9H3,(H,43,50)(H,45,49)/t34-,35+,38?,58?/m1/s1. The van der Waals surface area contributed by atoms with E-state index in [2.05, 4.69) is 54.1 Å². The van der Waals surface area contributed by atoms with Gasteiger partial charge in [-0.25, -0.2) is 9.65 Å². The topological polar surface area (TPSA) is 191 Å². The summed E-state index contributed by atoms with van der Waals surface area (Å²) in [5.74, 6) is -1.86. The van der Waals surface area contributed by atoms with Crippen LogP contribution in [-0.2, 0) is 53.7 Å². The molecule has 2 aromatic rings. The van der Waals surface area contributed by atoms with Crippen LogP contribution in [0, 0.1) is 23.7 Å². The van der Waals surface area contributed by atoms with Gasteiger partial charge in [-0.15, -0.1) is 11.3 Å². The van der Waals surface area contributed by atoms with E-state index in [0.717, 1.165) is 21.7 Å².